The quantitative estimate of drug-likeness (QED) is 0.800. The van der Waals surface area contributed by atoms with Crippen molar-refractivity contribution in [1.29, 1.82) is 0 Å². The smallest absolute Gasteiger partial charge is 0.302 e. The number of anilines is 1. The van der Waals surface area contributed by atoms with E-state index >= 15 is 0 Å². The molecule has 1 N–H and O–H groups in total. The Labute approximate surface area is 102 Å². The van der Waals surface area contributed by atoms with Gasteiger partial charge in [-0.2, -0.15) is 0 Å². The summed E-state index contributed by atoms with van der Waals surface area (Å²) >= 11 is 0. The molecule has 0 unspecified atom stereocenters. The van der Waals surface area contributed by atoms with Crippen LogP contribution in [0, 0.1) is 0 Å². The monoisotopic (exact) mass is 237 g/mol. The average molecular weight is 237 g/mol. The molecule has 0 saturated heterocycles. The minimum atomic E-state index is -0.284. The Hall–Kier alpha value is -1.71. The van der Waals surface area contributed by atoms with Crippen molar-refractivity contribution in [3.05, 3.63) is 23.8 Å². The zero-order valence-electron chi connectivity index (χ0n) is 10.7. The van der Waals surface area contributed by atoms with E-state index in [0.717, 1.165) is 17.0 Å². The van der Waals surface area contributed by atoms with Crippen LogP contribution in [0.15, 0.2) is 18.2 Å². The molecule has 0 aliphatic heterocycles. The van der Waals surface area contributed by atoms with Gasteiger partial charge in [0.05, 0.1) is 12.8 Å². The molecule has 0 spiro atoms. The molecule has 0 radical (unpaired) electrons. The van der Waals surface area contributed by atoms with Gasteiger partial charge in [-0.1, -0.05) is 6.07 Å². The maximum atomic E-state index is 10.7. The molecule has 1 aromatic rings. The van der Waals surface area contributed by atoms with Crippen LogP contribution in [0.2, 0.25) is 0 Å². The van der Waals surface area contributed by atoms with Crippen molar-refractivity contribution in [1.82, 2.24) is 0 Å². The van der Waals surface area contributed by atoms with Crippen molar-refractivity contribution in [3.8, 4) is 5.75 Å². The summed E-state index contributed by atoms with van der Waals surface area (Å²) in [5.41, 5.74) is 1.85. The molecule has 0 saturated carbocycles. The second kappa shape index (κ2) is 6.13. The highest BCUT2D eigenvalue weighted by atomic mass is 16.5. The minimum absolute atomic E-state index is 0.271. The Morgan fingerprint density at radius 1 is 1.41 bits per heavy atom. The number of benzene rings is 1. The summed E-state index contributed by atoms with van der Waals surface area (Å²) in [5.74, 6) is 0.469. The molecule has 1 rings (SSSR count). The molecule has 17 heavy (non-hydrogen) atoms. The van der Waals surface area contributed by atoms with Crippen LogP contribution in [0.25, 0.3) is 0 Å². The summed E-state index contributed by atoms with van der Waals surface area (Å²) in [4.78, 5) is 10.7. The lowest BCUT2D eigenvalue weighted by Crippen LogP contribution is -2.10. The van der Waals surface area contributed by atoms with Gasteiger partial charge in [-0.3, -0.25) is 4.79 Å². The maximum Gasteiger partial charge on any atom is 0.302 e. The zero-order chi connectivity index (χ0) is 12.8. The van der Waals surface area contributed by atoms with Crippen LogP contribution in [-0.4, -0.2) is 19.1 Å². The number of ether oxygens (including phenoxy) is 2. The molecule has 0 aromatic heterocycles. The predicted molar refractivity (Wildman–Crippen MR) is 67.2 cm³/mol. The summed E-state index contributed by atoms with van der Waals surface area (Å²) in [6.45, 7) is 5.79. The summed E-state index contributed by atoms with van der Waals surface area (Å²) in [7, 11) is 1.62. The van der Waals surface area contributed by atoms with Crippen molar-refractivity contribution in [3.63, 3.8) is 0 Å². The fraction of sp³-hybridized carbons (Fsp3) is 0.462. The van der Waals surface area contributed by atoms with E-state index < -0.39 is 0 Å². The van der Waals surface area contributed by atoms with Gasteiger partial charge in [-0.15, -0.1) is 0 Å². The Kier molecular flexibility index (Phi) is 4.82. The molecule has 0 fully saturated rings. The first-order chi connectivity index (χ1) is 8.02. The first-order valence-electron chi connectivity index (χ1n) is 5.59. The summed E-state index contributed by atoms with van der Waals surface area (Å²) < 4.78 is 10.2. The van der Waals surface area contributed by atoms with Crippen LogP contribution in [0.5, 0.6) is 5.75 Å². The lowest BCUT2D eigenvalue weighted by atomic mass is 10.2. The van der Waals surface area contributed by atoms with Gasteiger partial charge in [-0.05, 0) is 31.5 Å². The largest absolute Gasteiger partial charge is 0.495 e. The van der Waals surface area contributed by atoms with Crippen LogP contribution < -0.4 is 10.1 Å². The summed E-state index contributed by atoms with van der Waals surface area (Å²) in [5, 5.41) is 3.28. The number of rotatable bonds is 5. The molecule has 4 heteroatoms. The SMILES string of the molecule is COc1cc(COC(C)=O)ccc1NC(C)C. The van der Waals surface area contributed by atoms with E-state index in [2.05, 4.69) is 19.2 Å². The van der Waals surface area contributed by atoms with Crippen molar-refractivity contribution < 1.29 is 14.3 Å². The molecule has 1 aromatic carbocycles. The zero-order valence-corrected chi connectivity index (χ0v) is 10.7. The topological polar surface area (TPSA) is 47.6 Å². The number of hydrogen-bond acceptors (Lipinski definition) is 4. The standard InChI is InChI=1S/C13H19NO3/c1-9(2)14-12-6-5-11(7-13(12)16-4)8-17-10(3)15/h5-7,9,14H,8H2,1-4H3. The van der Waals surface area contributed by atoms with Crippen molar-refractivity contribution >= 4 is 11.7 Å². The molecule has 94 valence electrons. The third-order valence-electron chi connectivity index (χ3n) is 2.15. The highest BCUT2D eigenvalue weighted by molar-refractivity contribution is 5.66. The van der Waals surface area contributed by atoms with Crippen LogP contribution in [-0.2, 0) is 16.1 Å². The van der Waals surface area contributed by atoms with E-state index in [1.807, 2.05) is 18.2 Å². The van der Waals surface area contributed by atoms with Crippen LogP contribution in [0.1, 0.15) is 26.3 Å². The van der Waals surface area contributed by atoms with Crippen molar-refractivity contribution in [2.45, 2.75) is 33.4 Å². The highest BCUT2D eigenvalue weighted by Crippen LogP contribution is 2.26. The third kappa shape index (κ3) is 4.34. The highest BCUT2D eigenvalue weighted by Gasteiger charge is 2.06. The summed E-state index contributed by atoms with van der Waals surface area (Å²) in [6, 6.07) is 6.05. The van der Waals surface area contributed by atoms with Gasteiger partial charge in [0.2, 0.25) is 0 Å². The Balaban J connectivity index is 2.80. The minimum Gasteiger partial charge on any atom is -0.495 e. The van der Waals surface area contributed by atoms with Crippen LogP contribution in [0.4, 0.5) is 5.69 Å². The third-order valence-corrected chi connectivity index (χ3v) is 2.15. The molecule has 0 aliphatic rings. The molecule has 0 heterocycles. The molecular formula is C13H19NO3. The Bertz CT molecular complexity index is 388. The second-order valence-corrected chi connectivity index (χ2v) is 4.11. The first kappa shape index (κ1) is 13.4. The van der Waals surface area contributed by atoms with E-state index in [9.17, 15) is 4.79 Å². The van der Waals surface area contributed by atoms with Gasteiger partial charge in [0.25, 0.3) is 0 Å². The number of esters is 1. The van der Waals surface area contributed by atoms with Crippen LogP contribution in [0.3, 0.4) is 0 Å². The average Bonchev–Trinajstić information content (AvgIpc) is 2.26. The fourth-order valence-corrected chi connectivity index (χ4v) is 1.44. The number of carbonyl (C=O) groups excluding carboxylic acids is 1. The molecular weight excluding hydrogens is 218 g/mol. The lowest BCUT2D eigenvalue weighted by Gasteiger charge is -2.15. The van der Waals surface area contributed by atoms with Gasteiger partial charge < -0.3 is 14.8 Å². The van der Waals surface area contributed by atoms with Gasteiger partial charge in [-0.25, -0.2) is 0 Å². The molecule has 0 atom stereocenters. The van der Waals surface area contributed by atoms with E-state index in [-0.39, 0.29) is 12.6 Å². The van der Waals surface area contributed by atoms with Crippen LogP contribution >= 0.6 is 0 Å². The molecule has 4 nitrogen and oxygen atoms in total. The first-order valence-corrected chi connectivity index (χ1v) is 5.59. The molecule has 0 bridgehead atoms. The van der Waals surface area contributed by atoms with E-state index in [0.29, 0.717) is 6.04 Å². The van der Waals surface area contributed by atoms with E-state index in [1.165, 1.54) is 6.92 Å². The van der Waals surface area contributed by atoms with E-state index in [4.69, 9.17) is 9.47 Å². The maximum absolute atomic E-state index is 10.7. The van der Waals surface area contributed by atoms with E-state index in [1.54, 1.807) is 7.11 Å². The number of hydrogen-bond donors (Lipinski definition) is 1. The summed E-state index contributed by atoms with van der Waals surface area (Å²) in [6.07, 6.45) is 0. The lowest BCUT2D eigenvalue weighted by molar-refractivity contribution is -0.142. The van der Waals surface area contributed by atoms with Crippen molar-refractivity contribution in [2.24, 2.45) is 0 Å². The molecule has 0 amide bonds. The molecule has 0 aliphatic carbocycles. The van der Waals surface area contributed by atoms with Gasteiger partial charge in [0.15, 0.2) is 0 Å². The second-order valence-electron chi connectivity index (χ2n) is 4.11. The normalized spacial score (nSPS) is 10.2. The Morgan fingerprint density at radius 2 is 2.12 bits per heavy atom. The van der Waals surface area contributed by atoms with Crippen molar-refractivity contribution in [2.75, 3.05) is 12.4 Å². The van der Waals surface area contributed by atoms with Gasteiger partial charge in [0.1, 0.15) is 12.4 Å². The predicted octanol–water partition coefficient (Wildman–Crippen LogP) is 2.58. The fourth-order valence-electron chi connectivity index (χ4n) is 1.44. The number of carbonyl (C=O) groups is 1. The van der Waals surface area contributed by atoms with Gasteiger partial charge in [0, 0.05) is 13.0 Å². The number of methoxy groups -OCH3 is 1. The van der Waals surface area contributed by atoms with Gasteiger partial charge >= 0.3 is 5.97 Å². The number of nitrogens with one attached hydrogen (secondary N) is 1. The Morgan fingerprint density at radius 3 is 2.65 bits per heavy atom.